The first-order chi connectivity index (χ1) is 13.0. The number of aliphatic imine (C=N–C) groups is 1. The second kappa shape index (κ2) is 13.7. The van der Waals surface area contributed by atoms with Crippen LogP contribution >= 0.6 is 35.3 Å². The lowest BCUT2D eigenvalue weighted by atomic mass is 10.0. The smallest absolute Gasteiger partial charge is 0.191 e. The van der Waals surface area contributed by atoms with Crippen LogP contribution in [0, 0.1) is 5.92 Å². The van der Waals surface area contributed by atoms with E-state index in [0.717, 1.165) is 57.5 Å². The SMILES string of the molecule is CN=C(NCCc1csc(C(C)C)n1)NCC(CC(C)C)N1CCOCC1.I. The van der Waals surface area contributed by atoms with E-state index in [1.165, 1.54) is 11.4 Å². The first-order valence-electron chi connectivity index (χ1n) is 10.2. The highest BCUT2D eigenvalue weighted by molar-refractivity contribution is 14.0. The maximum atomic E-state index is 5.51. The number of guanidine groups is 1. The molecule has 2 rings (SSSR count). The summed E-state index contributed by atoms with van der Waals surface area (Å²) in [5.41, 5.74) is 1.16. The quantitative estimate of drug-likeness (QED) is 0.296. The van der Waals surface area contributed by atoms with Gasteiger partial charge in [-0.2, -0.15) is 0 Å². The minimum Gasteiger partial charge on any atom is -0.379 e. The number of hydrogen-bond donors (Lipinski definition) is 2. The van der Waals surface area contributed by atoms with E-state index in [4.69, 9.17) is 9.72 Å². The van der Waals surface area contributed by atoms with Gasteiger partial charge in [0.2, 0.25) is 0 Å². The lowest BCUT2D eigenvalue weighted by Gasteiger charge is -2.35. The van der Waals surface area contributed by atoms with Gasteiger partial charge in [-0.1, -0.05) is 27.7 Å². The summed E-state index contributed by atoms with van der Waals surface area (Å²) in [4.78, 5) is 11.6. The fourth-order valence-corrected chi connectivity index (χ4v) is 4.16. The molecule has 0 saturated carbocycles. The summed E-state index contributed by atoms with van der Waals surface area (Å²) < 4.78 is 5.51. The summed E-state index contributed by atoms with van der Waals surface area (Å²) in [5.74, 6) is 2.05. The van der Waals surface area contributed by atoms with Crippen LogP contribution in [0.2, 0.25) is 0 Å². The minimum absolute atomic E-state index is 0. The standard InChI is InChI=1S/C20H37N5OS.HI/c1-15(2)12-18(25-8-10-26-11-9-25)13-23-20(21-5)22-7-6-17-14-27-19(24-17)16(3)4;/h14-16,18H,6-13H2,1-5H3,(H2,21,22,23);1H. The number of halogens is 1. The molecule has 162 valence electrons. The van der Waals surface area contributed by atoms with Crippen LogP contribution in [0.15, 0.2) is 10.4 Å². The molecule has 1 unspecified atom stereocenters. The predicted molar refractivity (Wildman–Crippen MR) is 130 cm³/mol. The Balaban J connectivity index is 0.00000392. The third-order valence-corrected chi connectivity index (χ3v) is 5.97. The number of nitrogens with one attached hydrogen (secondary N) is 2. The summed E-state index contributed by atoms with van der Waals surface area (Å²) in [6.07, 6.45) is 2.10. The molecule has 1 aliphatic rings. The number of rotatable bonds is 9. The minimum atomic E-state index is 0. The molecule has 0 aromatic carbocycles. The summed E-state index contributed by atoms with van der Waals surface area (Å²) in [7, 11) is 1.83. The van der Waals surface area contributed by atoms with Crippen LogP contribution in [0.25, 0.3) is 0 Å². The fourth-order valence-electron chi connectivity index (χ4n) is 3.29. The Morgan fingerprint density at radius 1 is 1.25 bits per heavy atom. The zero-order chi connectivity index (χ0) is 19.6. The second-order valence-corrected chi connectivity index (χ2v) is 8.78. The highest BCUT2D eigenvalue weighted by atomic mass is 127. The van der Waals surface area contributed by atoms with Crippen molar-refractivity contribution in [2.75, 3.05) is 46.4 Å². The first kappa shape index (κ1) is 25.6. The summed E-state index contributed by atoms with van der Waals surface area (Å²) in [6, 6.07) is 0.514. The molecule has 0 aliphatic carbocycles. The van der Waals surface area contributed by atoms with Gasteiger partial charge in [0.25, 0.3) is 0 Å². The number of ether oxygens (including phenoxy) is 1. The van der Waals surface area contributed by atoms with Gasteiger partial charge in [0.05, 0.1) is 23.9 Å². The van der Waals surface area contributed by atoms with Crippen LogP contribution in [-0.2, 0) is 11.2 Å². The molecule has 1 atom stereocenters. The van der Waals surface area contributed by atoms with Crippen molar-refractivity contribution in [3.63, 3.8) is 0 Å². The van der Waals surface area contributed by atoms with E-state index < -0.39 is 0 Å². The summed E-state index contributed by atoms with van der Waals surface area (Å²) >= 11 is 1.76. The lowest BCUT2D eigenvalue weighted by molar-refractivity contribution is 0.0132. The second-order valence-electron chi connectivity index (χ2n) is 7.89. The normalized spacial score (nSPS) is 16.9. The largest absolute Gasteiger partial charge is 0.379 e. The van der Waals surface area contributed by atoms with Crippen LogP contribution in [0.4, 0.5) is 0 Å². The predicted octanol–water partition coefficient (Wildman–Crippen LogP) is 3.34. The zero-order valence-corrected chi connectivity index (χ0v) is 21.2. The third kappa shape index (κ3) is 8.92. The maximum absolute atomic E-state index is 5.51. The Hall–Kier alpha value is -0.450. The van der Waals surface area contributed by atoms with Crippen LogP contribution in [0.3, 0.4) is 0 Å². The van der Waals surface area contributed by atoms with Crippen molar-refractivity contribution in [1.29, 1.82) is 0 Å². The van der Waals surface area contributed by atoms with Crippen LogP contribution < -0.4 is 10.6 Å². The number of thiazole rings is 1. The molecule has 1 fully saturated rings. The summed E-state index contributed by atoms with van der Waals surface area (Å²) in [5, 5.41) is 10.3. The van der Waals surface area contributed by atoms with Crippen molar-refractivity contribution in [3.05, 3.63) is 16.1 Å². The fraction of sp³-hybridized carbons (Fsp3) is 0.800. The molecule has 1 saturated heterocycles. The van der Waals surface area contributed by atoms with Crippen molar-refractivity contribution < 1.29 is 4.74 Å². The van der Waals surface area contributed by atoms with Crippen LogP contribution in [-0.4, -0.2) is 68.3 Å². The van der Waals surface area contributed by atoms with E-state index in [2.05, 4.69) is 53.6 Å². The van der Waals surface area contributed by atoms with E-state index in [-0.39, 0.29) is 24.0 Å². The maximum Gasteiger partial charge on any atom is 0.191 e. The van der Waals surface area contributed by atoms with Gasteiger partial charge in [-0.15, -0.1) is 35.3 Å². The molecule has 1 aliphatic heterocycles. The van der Waals surface area contributed by atoms with Crippen molar-refractivity contribution >= 4 is 41.3 Å². The van der Waals surface area contributed by atoms with Gasteiger partial charge >= 0.3 is 0 Å². The van der Waals surface area contributed by atoms with Gasteiger partial charge in [0, 0.05) is 57.0 Å². The molecular formula is C20H38IN5OS. The molecule has 0 radical (unpaired) electrons. The average Bonchev–Trinajstić information content (AvgIpc) is 3.13. The zero-order valence-electron chi connectivity index (χ0n) is 18.0. The number of aromatic nitrogens is 1. The number of hydrogen-bond acceptors (Lipinski definition) is 5. The monoisotopic (exact) mass is 523 g/mol. The summed E-state index contributed by atoms with van der Waals surface area (Å²) in [6.45, 7) is 14.4. The van der Waals surface area contributed by atoms with Gasteiger partial charge < -0.3 is 15.4 Å². The van der Waals surface area contributed by atoms with Crippen LogP contribution in [0.1, 0.15) is 50.7 Å². The Bertz CT molecular complexity index is 573. The molecule has 6 nitrogen and oxygen atoms in total. The molecule has 2 heterocycles. The van der Waals surface area contributed by atoms with Crippen molar-refractivity contribution in [3.8, 4) is 0 Å². The highest BCUT2D eigenvalue weighted by Gasteiger charge is 2.22. The molecular weight excluding hydrogens is 485 g/mol. The molecule has 1 aromatic rings. The van der Waals surface area contributed by atoms with E-state index in [1.807, 2.05) is 7.05 Å². The molecule has 8 heteroatoms. The molecule has 2 N–H and O–H groups in total. The molecule has 28 heavy (non-hydrogen) atoms. The third-order valence-electron chi connectivity index (χ3n) is 4.77. The van der Waals surface area contributed by atoms with E-state index >= 15 is 0 Å². The number of nitrogens with zero attached hydrogens (tertiary/aromatic N) is 3. The van der Waals surface area contributed by atoms with Crippen molar-refractivity contribution in [2.45, 2.75) is 52.5 Å². The Morgan fingerprint density at radius 2 is 1.96 bits per heavy atom. The average molecular weight is 524 g/mol. The Morgan fingerprint density at radius 3 is 2.54 bits per heavy atom. The Kier molecular flexibility index (Phi) is 12.5. The van der Waals surface area contributed by atoms with Gasteiger partial charge in [-0.25, -0.2) is 4.98 Å². The van der Waals surface area contributed by atoms with E-state index in [9.17, 15) is 0 Å². The highest BCUT2D eigenvalue weighted by Crippen LogP contribution is 2.19. The molecule has 0 amide bonds. The van der Waals surface area contributed by atoms with Crippen LogP contribution in [0.5, 0.6) is 0 Å². The molecule has 0 spiro atoms. The van der Waals surface area contributed by atoms with E-state index in [0.29, 0.717) is 17.9 Å². The van der Waals surface area contributed by atoms with Crippen molar-refractivity contribution in [1.82, 2.24) is 20.5 Å². The van der Waals surface area contributed by atoms with E-state index in [1.54, 1.807) is 11.3 Å². The van der Waals surface area contributed by atoms with Gasteiger partial charge in [0.1, 0.15) is 0 Å². The first-order valence-corrected chi connectivity index (χ1v) is 11.1. The topological polar surface area (TPSA) is 61.8 Å². The van der Waals surface area contributed by atoms with Gasteiger partial charge in [0.15, 0.2) is 5.96 Å². The van der Waals surface area contributed by atoms with Gasteiger partial charge in [-0.3, -0.25) is 9.89 Å². The molecule has 0 bridgehead atoms. The Labute approximate surface area is 192 Å². The molecule has 1 aromatic heterocycles. The lowest BCUT2D eigenvalue weighted by Crippen LogP contribution is -2.51. The number of morpholine rings is 1. The van der Waals surface area contributed by atoms with Crippen molar-refractivity contribution in [2.24, 2.45) is 10.9 Å². The van der Waals surface area contributed by atoms with Gasteiger partial charge in [-0.05, 0) is 12.3 Å².